The molecule has 0 saturated carbocycles. The molecule has 1 aliphatic heterocycles. The first-order valence-corrected chi connectivity index (χ1v) is 8.26. The van der Waals surface area contributed by atoms with Gasteiger partial charge in [-0.3, -0.25) is 9.59 Å². The first-order chi connectivity index (χ1) is 13.2. The summed E-state index contributed by atoms with van der Waals surface area (Å²) in [5.41, 5.74) is 0.193. The molecule has 9 heteroatoms. The van der Waals surface area contributed by atoms with Gasteiger partial charge in [-0.1, -0.05) is 18.2 Å². The molecule has 1 amide bonds. The quantitative estimate of drug-likeness (QED) is 0.814. The minimum absolute atomic E-state index is 0.0788. The average molecular weight is 395 g/mol. The molecule has 1 heterocycles. The number of nitrogens with zero attached hydrogens (tertiary/aromatic N) is 1. The molecule has 2 aromatic carbocycles. The van der Waals surface area contributed by atoms with E-state index in [0.29, 0.717) is 22.6 Å². The molecular formula is C19H16F3NO5. The van der Waals surface area contributed by atoms with Gasteiger partial charge in [0.05, 0.1) is 12.0 Å². The number of fused-ring (bicyclic) bond motifs is 1. The van der Waals surface area contributed by atoms with Crippen molar-refractivity contribution >= 4 is 11.9 Å². The minimum Gasteiger partial charge on any atom is -0.480 e. The fourth-order valence-corrected chi connectivity index (χ4v) is 2.75. The predicted octanol–water partition coefficient (Wildman–Crippen LogP) is 3.09. The van der Waals surface area contributed by atoms with Gasteiger partial charge < -0.3 is 19.5 Å². The second-order valence-electron chi connectivity index (χ2n) is 6.20. The van der Waals surface area contributed by atoms with E-state index in [4.69, 9.17) is 14.6 Å². The van der Waals surface area contributed by atoms with E-state index in [-0.39, 0.29) is 19.8 Å². The highest BCUT2D eigenvalue weighted by molar-refractivity contribution is 5.83. The SMILES string of the molecule is O=C(O)CN(Cc1ccc(C(F)(F)F)cc1)C(=O)Cc1ccc2c(c1)OCO2. The molecule has 1 aliphatic rings. The van der Waals surface area contributed by atoms with Gasteiger partial charge in [0.15, 0.2) is 11.5 Å². The molecule has 0 aromatic heterocycles. The summed E-state index contributed by atoms with van der Waals surface area (Å²) in [6.07, 6.45) is -4.54. The van der Waals surface area contributed by atoms with Crippen molar-refractivity contribution < 1.29 is 37.3 Å². The maximum Gasteiger partial charge on any atom is 0.416 e. The molecule has 0 aliphatic carbocycles. The van der Waals surface area contributed by atoms with Gasteiger partial charge in [0.2, 0.25) is 12.7 Å². The van der Waals surface area contributed by atoms with E-state index in [1.807, 2.05) is 0 Å². The zero-order valence-corrected chi connectivity index (χ0v) is 14.5. The number of carbonyl (C=O) groups is 2. The van der Waals surface area contributed by atoms with Gasteiger partial charge in [-0.05, 0) is 35.4 Å². The lowest BCUT2D eigenvalue weighted by Gasteiger charge is -2.21. The summed E-state index contributed by atoms with van der Waals surface area (Å²) in [6, 6.07) is 9.21. The van der Waals surface area contributed by atoms with Crippen LogP contribution >= 0.6 is 0 Å². The van der Waals surface area contributed by atoms with Crippen LogP contribution in [0, 0.1) is 0 Å². The minimum atomic E-state index is -4.46. The first kappa shape index (κ1) is 19.5. The second kappa shape index (κ2) is 7.79. The van der Waals surface area contributed by atoms with Gasteiger partial charge in [0, 0.05) is 6.54 Å². The van der Waals surface area contributed by atoms with Crippen LogP contribution in [0.15, 0.2) is 42.5 Å². The van der Waals surface area contributed by atoms with Gasteiger partial charge >= 0.3 is 12.1 Å². The van der Waals surface area contributed by atoms with Crippen LogP contribution in [0.1, 0.15) is 16.7 Å². The highest BCUT2D eigenvalue weighted by atomic mass is 19.4. The predicted molar refractivity (Wildman–Crippen MR) is 90.8 cm³/mol. The summed E-state index contributed by atoms with van der Waals surface area (Å²) >= 11 is 0. The summed E-state index contributed by atoms with van der Waals surface area (Å²) in [4.78, 5) is 24.8. The molecule has 1 N–H and O–H groups in total. The molecule has 0 fully saturated rings. The third-order valence-electron chi connectivity index (χ3n) is 4.13. The van der Waals surface area contributed by atoms with E-state index in [1.165, 1.54) is 12.1 Å². The Morgan fingerprint density at radius 2 is 1.64 bits per heavy atom. The molecule has 148 valence electrons. The van der Waals surface area contributed by atoms with Crippen molar-refractivity contribution in [1.82, 2.24) is 4.90 Å². The number of benzene rings is 2. The van der Waals surface area contributed by atoms with Gasteiger partial charge in [0.25, 0.3) is 0 Å². The van der Waals surface area contributed by atoms with Crippen molar-refractivity contribution in [2.45, 2.75) is 19.1 Å². The largest absolute Gasteiger partial charge is 0.480 e. The number of rotatable bonds is 6. The molecule has 0 bridgehead atoms. The summed E-state index contributed by atoms with van der Waals surface area (Å²) in [6.45, 7) is -0.593. The lowest BCUT2D eigenvalue weighted by atomic mass is 10.1. The fraction of sp³-hybridized carbons (Fsp3) is 0.263. The van der Waals surface area contributed by atoms with Crippen molar-refractivity contribution in [3.8, 4) is 11.5 Å². The Labute approximate surface area is 158 Å². The number of hydrogen-bond donors (Lipinski definition) is 1. The van der Waals surface area contributed by atoms with E-state index in [2.05, 4.69) is 0 Å². The van der Waals surface area contributed by atoms with Crippen LogP contribution in [0.5, 0.6) is 11.5 Å². The molecule has 0 saturated heterocycles. The number of hydrogen-bond acceptors (Lipinski definition) is 4. The number of halogens is 3. The van der Waals surface area contributed by atoms with Crippen LogP contribution < -0.4 is 9.47 Å². The molecule has 0 spiro atoms. The number of aliphatic carboxylic acids is 1. The maximum atomic E-state index is 12.7. The summed E-state index contributed by atoms with van der Waals surface area (Å²) in [5, 5.41) is 9.08. The van der Waals surface area contributed by atoms with Crippen LogP contribution in [0.25, 0.3) is 0 Å². The highest BCUT2D eigenvalue weighted by Crippen LogP contribution is 2.33. The van der Waals surface area contributed by atoms with Gasteiger partial charge in [0.1, 0.15) is 6.54 Å². The Kier molecular flexibility index (Phi) is 5.43. The fourth-order valence-electron chi connectivity index (χ4n) is 2.75. The zero-order chi connectivity index (χ0) is 20.3. The van der Waals surface area contributed by atoms with Crippen molar-refractivity contribution in [2.24, 2.45) is 0 Å². The molecule has 6 nitrogen and oxygen atoms in total. The Hall–Kier alpha value is -3.23. The highest BCUT2D eigenvalue weighted by Gasteiger charge is 2.30. The van der Waals surface area contributed by atoms with Crippen molar-refractivity contribution in [3.05, 3.63) is 59.2 Å². The van der Waals surface area contributed by atoms with Crippen LogP contribution in [0.3, 0.4) is 0 Å². The lowest BCUT2D eigenvalue weighted by molar-refractivity contribution is -0.144. The number of ether oxygens (including phenoxy) is 2. The molecule has 2 aromatic rings. The maximum absolute atomic E-state index is 12.7. The standard InChI is InChI=1S/C19H16F3NO5/c20-19(21,22)14-4-1-12(2-5-14)9-23(10-18(25)26)17(24)8-13-3-6-15-16(7-13)28-11-27-15/h1-7H,8-11H2,(H,25,26). The van der Waals surface area contributed by atoms with E-state index >= 15 is 0 Å². The molecule has 3 rings (SSSR count). The Bertz CT molecular complexity index is 880. The van der Waals surface area contributed by atoms with Crippen LogP contribution in [0.2, 0.25) is 0 Å². The lowest BCUT2D eigenvalue weighted by Crippen LogP contribution is -2.36. The van der Waals surface area contributed by atoms with Crippen LogP contribution in [-0.4, -0.2) is 35.2 Å². The summed E-state index contributed by atoms with van der Waals surface area (Å²) in [5.74, 6) is -0.631. The third-order valence-corrected chi connectivity index (χ3v) is 4.13. The van der Waals surface area contributed by atoms with Crippen molar-refractivity contribution in [1.29, 1.82) is 0 Å². The zero-order valence-electron chi connectivity index (χ0n) is 14.5. The topological polar surface area (TPSA) is 76.1 Å². The number of carboxylic acid groups (broad SMARTS) is 1. The van der Waals surface area contributed by atoms with Crippen molar-refractivity contribution in [3.63, 3.8) is 0 Å². The number of carboxylic acids is 1. The van der Waals surface area contributed by atoms with E-state index in [9.17, 15) is 22.8 Å². The van der Waals surface area contributed by atoms with Gasteiger partial charge in [-0.25, -0.2) is 0 Å². The Morgan fingerprint density at radius 3 is 2.29 bits per heavy atom. The molecule has 0 unspecified atom stereocenters. The first-order valence-electron chi connectivity index (χ1n) is 8.26. The molecular weight excluding hydrogens is 379 g/mol. The summed E-state index contributed by atoms with van der Waals surface area (Å²) in [7, 11) is 0. The second-order valence-corrected chi connectivity index (χ2v) is 6.20. The number of amides is 1. The van der Waals surface area contributed by atoms with Crippen LogP contribution in [-0.2, 0) is 28.7 Å². The summed E-state index contributed by atoms with van der Waals surface area (Å²) < 4.78 is 48.4. The number of alkyl halides is 3. The monoisotopic (exact) mass is 395 g/mol. The Balaban J connectivity index is 1.72. The molecule has 0 radical (unpaired) electrons. The average Bonchev–Trinajstić information content (AvgIpc) is 3.08. The van der Waals surface area contributed by atoms with E-state index in [0.717, 1.165) is 17.0 Å². The third kappa shape index (κ3) is 4.73. The Morgan fingerprint density at radius 1 is 1.00 bits per heavy atom. The van der Waals surface area contributed by atoms with E-state index < -0.39 is 30.2 Å². The normalized spacial score (nSPS) is 12.7. The van der Waals surface area contributed by atoms with Crippen molar-refractivity contribution in [2.75, 3.05) is 13.3 Å². The van der Waals surface area contributed by atoms with Crippen LogP contribution in [0.4, 0.5) is 13.2 Å². The number of carbonyl (C=O) groups excluding carboxylic acids is 1. The van der Waals surface area contributed by atoms with E-state index in [1.54, 1.807) is 18.2 Å². The van der Waals surface area contributed by atoms with Gasteiger partial charge in [-0.2, -0.15) is 13.2 Å². The van der Waals surface area contributed by atoms with Gasteiger partial charge in [-0.15, -0.1) is 0 Å². The molecule has 0 atom stereocenters. The molecule has 28 heavy (non-hydrogen) atoms. The smallest absolute Gasteiger partial charge is 0.416 e.